The van der Waals surface area contributed by atoms with Crippen LogP contribution in [-0.2, 0) is 14.3 Å². The lowest BCUT2D eigenvalue weighted by molar-refractivity contribution is -0.173. The monoisotopic (exact) mass is 498 g/mol. The van der Waals surface area contributed by atoms with E-state index in [9.17, 15) is 4.79 Å². The molecule has 7 heteroatoms. The maximum absolute atomic E-state index is 12.5. The number of ether oxygens (including phenoxy) is 4. The minimum absolute atomic E-state index is 0.0672. The molecule has 1 aromatic heterocycles. The fourth-order valence-corrected chi connectivity index (χ4v) is 4.11. The second kappa shape index (κ2) is 16.3. The predicted octanol–water partition coefficient (Wildman–Crippen LogP) is 6.54. The Bertz CT molecular complexity index is 864. The molecule has 36 heavy (non-hydrogen) atoms. The molecule has 0 radical (unpaired) electrons. The van der Waals surface area contributed by atoms with Crippen LogP contribution in [0.15, 0.2) is 36.7 Å². The van der Waals surface area contributed by atoms with Crippen LogP contribution in [0.2, 0.25) is 0 Å². The average Bonchev–Trinajstić information content (AvgIpc) is 2.92. The smallest absolute Gasteiger partial charge is 0.343 e. The number of benzene rings is 1. The van der Waals surface area contributed by atoms with Gasteiger partial charge in [0, 0.05) is 5.56 Å². The van der Waals surface area contributed by atoms with Gasteiger partial charge in [0.25, 0.3) is 0 Å². The van der Waals surface area contributed by atoms with Crippen molar-refractivity contribution in [1.82, 2.24) is 9.97 Å². The number of carbonyl (C=O) groups excluding carboxylic acids is 1. The zero-order valence-electron chi connectivity index (χ0n) is 22.0. The number of hydrogen-bond donors (Lipinski definition) is 0. The van der Waals surface area contributed by atoms with Gasteiger partial charge < -0.3 is 18.9 Å². The fraction of sp³-hybridized carbons (Fsp3) is 0.621. The van der Waals surface area contributed by atoms with E-state index in [0.29, 0.717) is 30.5 Å². The van der Waals surface area contributed by atoms with Gasteiger partial charge in [0.1, 0.15) is 5.75 Å². The van der Waals surface area contributed by atoms with Crippen molar-refractivity contribution in [3.05, 3.63) is 36.7 Å². The topological polar surface area (TPSA) is 79.8 Å². The van der Waals surface area contributed by atoms with Gasteiger partial charge in [0.05, 0.1) is 38.3 Å². The lowest BCUT2D eigenvalue weighted by Crippen LogP contribution is -2.42. The highest BCUT2D eigenvalue weighted by molar-refractivity contribution is 5.77. The fourth-order valence-electron chi connectivity index (χ4n) is 4.11. The third-order valence-electron chi connectivity index (χ3n) is 6.33. The first-order valence-corrected chi connectivity index (χ1v) is 13.7. The first-order valence-electron chi connectivity index (χ1n) is 13.7. The standard InChI is InChI=1S/C29H42N2O5/c1-3-5-7-9-10-12-18-33-26-19-30-28(31-20-26)23-14-16-24(17-15-23)36-29(32)27-22-34-25(21-35-27)13-11-8-6-4-2/h14-17,19-20,25,27H,3-13,18,21-22H2,1-2H3/t25-,27-/m0/s1. The number of hydrogen-bond acceptors (Lipinski definition) is 7. The molecule has 0 unspecified atom stereocenters. The van der Waals surface area contributed by atoms with Crippen molar-refractivity contribution < 1.29 is 23.7 Å². The van der Waals surface area contributed by atoms with Crippen LogP contribution < -0.4 is 9.47 Å². The molecule has 2 aromatic rings. The minimum atomic E-state index is -0.691. The molecule has 0 aliphatic carbocycles. The highest BCUT2D eigenvalue weighted by atomic mass is 16.6. The molecule has 1 aromatic carbocycles. The van der Waals surface area contributed by atoms with Crippen molar-refractivity contribution in [3.8, 4) is 22.9 Å². The van der Waals surface area contributed by atoms with Gasteiger partial charge in [-0.25, -0.2) is 14.8 Å². The Morgan fingerprint density at radius 1 is 0.833 bits per heavy atom. The van der Waals surface area contributed by atoms with Crippen LogP contribution in [0.3, 0.4) is 0 Å². The lowest BCUT2D eigenvalue weighted by Gasteiger charge is -2.28. The number of nitrogens with zero attached hydrogens (tertiary/aromatic N) is 2. The Kier molecular flexibility index (Phi) is 12.7. The molecular formula is C29H42N2O5. The SMILES string of the molecule is CCCCCCCCOc1cnc(-c2ccc(OC(=O)[C@@H]3CO[C@@H](CCCCCC)CO3)cc2)nc1. The molecule has 1 saturated heterocycles. The average molecular weight is 499 g/mol. The van der Waals surface area contributed by atoms with E-state index in [2.05, 4.69) is 23.8 Å². The van der Waals surface area contributed by atoms with Gasteiger partial charge >= 0.3 is 5.97 Å². The molecule has 0 bridgehead atoms. The van der Waals surface area contributed by atoms with Crippen molar-refractivity contribution in [3.63, 3.8) is 0 Å². The van der Waals surface area contributed by atoms with Crippen LogP contribution >= 0.6 is 0 Å². The molecule has 1 aliphatic rings. The van der Waals surface area contributed by atoms with Gasteiger partial charge in [-0.15, -0.1) is 0 Å². The Morgan fingerprint density at radius 3 is 2.17 bits per heavy atom. The van der Waals surface area contributed by atoms with Crippen LogP contribution in [0.25, 0.3) is 11.4 Å². The van der Waals surface area contributed by atoms with Crippen molar-refractivity contribution in [2.24, 2.45) is 0 Å². The molecule has 3 rings (SSSR count). The second-order valence-corrected chi connectivity index (χ2v) is 9.43. The number of rotatable bonds is 16. The van der Waals surface area contributed by atoms with Gasteiger partial charge in [-0.1, -0.05) is 71.6 Å². The molecule has 7 nitrogen and oxygen atoms in total. The third kappa shape index (κ3) is 9.86. The Morgan fingerprint density at radius 2 is 1.50 bits per heavy atom. The van der Waals surface area contributed by atoms with Gasteiger partial charge in [0.2, 0.25) is 0 Å². The summed E-state index contributed by atoms with van der Waals surface area (Å²) in [5.41, 5.74) is 0.834. The Labute approximate surface area is 215 Å². The third-order valence-corrected chi connectivity index (χ3v) is 6.33. The van der Waals surface area contributed by atoms with Gasteiger partial charge in [-0.05, 0) is 37.1 Å². The van der Waals surface area contributed by atoms with E-state index in [1.54, 1.807) is 24.5 Å². The number of aromatic nitrogens is 2. The summed E-state index contributed by atoms with van der Waals surface area (Å²) in [6, 6.07) is 7.14. The van der Waals surface area contributed by atoms with E-state index in [4.69, 9.17) is 18.9 Å². The van der Waals surface area contributed by atoms with Crippen LogP contribution in [0, 0.1) is 0 Å². The summed E-state index contributed by atoms with van der Waals surface area (Å²) in [6.07, 6.45) is 15.9. The zero-order valence-corrected chi connectivity index (χ0v) is 22.0. The molecule has 0 amide bonds. The van der Waals surface area contributed by atoms with Crippen molar-refractivity contribution in [2.75, 3.05) is 19.8 Å². The summed E-state index contributed by atoms with van der Waals surface area (Å²) >= 11 is 0. The quantitative estimate of drug-likeness (QED) is 0.148. The van der Waals surface area contributed by atoms with Crippen molar-refractivity contribution in [1.29, 1.82) is 0 Å². The molecule has 0 N–H and O–H groups in total. The summed E-state index contributed by atoms with van der Waals surface area (Å²) in [5.74, 6) is 1.28. The van der Waals surface area contributed by atoms with Crippen LogP contribution in [0.5, 0.6) is 11.5 Å². The van der Waals surface area contributed by atoms with Gasteiger partial charge in [0.15, 0.2) is 17.7 Å². The number of esters is 1. The van der Waals surface area contributed by atoms with E-state index >= 15 is 0 Å². The molecule has 0 spiro atoms. The summed E-state index contributed by atoms with van der Waals surface area (Å²) in [4.78, 5) is 21.3. The first-order chi connectivity index (χ1) is 17.7. The van der Waals surface area contributed by atoms with Gasteiger partial charge in [-0.2, -0.15) is 0 Å². The Balaban J connectivity index is 1.37. The molecular weight excluding hydrogens is 456 g/mol. The largest absolute Gasteiger partial charge is 0.490 e. The van der Waals surface area contributed by atoms with E-state index < -0.39 is 12.1 Å². The number of carbonyl (C=O) groups is 1. The lowest BCUT2D eigenvalue weighted by atomic mass is 10.1. The summed E-state index contributed by atoms with van der Waals surface area (Å²) < 4.78 is 22.8. The zero-order chi connectivity index (χ0) is 25.4. The summed E-state index contributed by atoms with van der Waals surface area (Å²) in [5, 5.41) is 0. The maximum Gasteiger partial charge on any atom is 0.343 e. The normalized spacial score (nSPS) is 17.6. The van der Waals surface area contributed by atoms with Crippen LogP contribution in [0.1, 0.15) is 84.5 Å². The maximum atomic E-state index is 12.5. The molecule has 2 atom stereocenters. The van der Waals surface area contributed by atoms with E-state index in [1.165, 1.54) is 51.4 Å². The molecule has 1 fully saturated rings. The Hall–Kier alpha value is -2.51. The summed E-state index contributed by atoms with van der Waals surface area (Å²) in [7, 11) is 0. The predicted molar refractivity (Wildman–Crippen MR) is 140 cm³/mol. The van der Waals surface area contributed by atoms with E-state index in [1.807, 2.05) is 12.1 Å². The molecule has 0 saturated carbocycles. The van der Waals surface area contributed by atoms with Crippen molar-refractivity contribution >= 4 is 5.97 Å². The van der Waals surface area contributed by atoms with E-state index in [-0.39, 0.29) is 12.7 Å². The van der Waals surface area contributed by atoms with Crippen LogP contribution in [0.4, 0.5) is 0 Å². The highest BCUT2D eigenvalue weighted by Gasteiger charge is 2.29. The number of unbranched alkanes of at least 4 members (excludes halogenated alkanes) is 8. The van der Waals surface area contributed by atoms with Gasteiger partial charge in [-0.3, -0.25) is 0 Å². The highest BCUT2D eigenvalue weighted by Crippen LogP contribution is 2.22. The first kappa shape index (κ1) is 28.1. The molecule has 2 heterocycles. The van der Waals surface area contributed by atoms with E-state index in [0.717, 1.165) is 24.8 Å². The van der Waals surface area contributed by atoms with Crippen molar-refractivity contribution in [2.45, 2.75) is 96.7 Å². The summed E-state index contributed by atoms with van der Waals surface area (Å²) in [6.45, 7) is 5.77. The minimum Gasteiger partial charge on any atom is -0.490 e. The molecule has 198 valence electrons. The molecule has 1 aliphatic heterocycles. The van der Waals surface area contributed by atoms with Crippen LogP contribution in [-0.4, -0.2) is 48.0 Å². The second-order valence-electron chi connectivity index (χ2n) is 9.43.